The molecular weight excluding hydrogens is 881 g/mol. The number of carbonyl (C=O) groups is 8. The molecule has 14 N–H and O–H groups in total. The Kier molecular flexibility index (Phi) is 30.0. The number of primary amides is 1. The largest absolute Gasteiger partial charge is 0.458 e. The van der Waals surface area contributed by atoms with Gasteiger partial charge < -0.3 is 63.6 Å². The van der Waals surface area contributed by atoms with Gasteiger partial charge in [0.25, 0.3) is 0 Å². The van der Waals surface area contributed by atoms with Crippen LogP contribution < -0.4 is 48.7 Å². The van der Waals surface area contributed by atoms with Gasteiger partial charge in [0.05, 0.1) is 25.0 Å². The second-order valence-electron chi connectivity index (χ2n) is 18.9. The van der Waals surface area contributed by atoms with E-state index in [1.54, 1.807) is 27.7 Å². The van der Waals surface area contributed by atoms with E-state index in [0.29, 0.717) is 19.3 Å². The highest BCUT2D eigenvalue weighted by Crippen LogP contribution is 2.16. The molecule has 1 rings (SSSR count). The molecule has 1 fully saturated rings. The van der Waals surface area contributed by atoms with Crippen LogP contribution in [0.5, 0.6) is 0 Å². The van der Waals surface area contributed by atoms with Gasteiger partial charge in [0.2, 0.25) is 41.4 Å². The van der Waals surface area contributed by atoms with E-state index in [4.69, 9.17) is 21.6 Å². The van der Waals surface area contributed by atoms with Crippen molar-refractivity contribution >= 4 is 53.3 Å². The first kappa shape index (κ1) is 61.0. The molecule has 0 aromatic rings. The maximum Gasteiger partial charge on any atom is 0.328 e. The zero-order chi connectivity index (χ0) is 51.3. The van der Waals surface area contributed by atoms with Gasteiger partial charge in [0, 0.05) is 6.54 Å². The number of rotatable bonds is 27. The van der Waals surface area contributed by atoms with Gasteiger partial charge in [0.15, 0.2) is 5.96 Å². The molecule has 7 amide bonds. The van der Waals surface area contributed by atoms with E-state index in [9.17, 15) is 48.6 Å². The van der Waals surface area contributed by atoms with Crippen LogP contribution in [0.4, 0.5) is 0 Å². The van der Waals surface area contributed by atoms with Crippen LogP contribution in [0.15, 0.2) is 0 Å². The van der Waals surface area contributed by atoms with Crippen molar-refractivity contribution in [2.75, 3.05) is 6.54 Å². The van der Waals surface area contributed by atoms with Gasteiger partial charge in [-0.25, -0.2) is 4.79 Å². The van der Waals surface area contributed by atoms with Crippen molar-refractivity contribution in [2.45, 2.75) is 225 Å². The van der Waals surface area contributed by atoms with Gasteiger partial charge in [0.1, 0.15) is 42.4 Å². The summed E-state index contributed by atoms with van der Waals surface area (Å²) in [4.78, 5) is 107. The molecule has 10 atom stereocenters. The summed E-state index contributed by atoms with van der Waals surface area (Å²) in [5, 5.41) is 46.3. The summed E-state index contributed by atoms with van der Waals surface area (Å²) in [6.07, 6.45) is 11.2. The van der Waals surface area contributed by atoms with E-state index in [-0.39, 0.29) is 24.7 Å². The Morgan fingerprint density at radius 1 is 0.676 bits per heavy atom. The Labute approximate surface area is 403 Å². The maximum atomic E-state index is 14.1. The van der Waals surface area contributed by atoms with Crippen LogP contribution in [-0.4, -0.2) is 125 Å². The van der Waals surface area contributed by atoms with Gasteiger partial charge in [-0.3, -0.25) is 39.0 Å². The van der Waals surface area contributed by atoms with Crippen LogP contribution in [0.3, 0.4) is 0 Å². The number of hydrogen-bond acceptors (Lipinski definition) is 12. The molecule has 68 heavy (non-hydrogen) atoms. The third-order valence-corrected chi connectivity index (χ3v) is 12.0. The van der Waals surface area contributed by atoms with E-state index in [0.717, 1.165) is 45.1 Å². The highest BCUT2D eigenvalue weighted by Gasteiger charge is 2.38. The summed E-state index contributed by atoms with van der Waals surface area (Å²) in [5.74, 6) is -8.13. The molecule has 0 aromatic carbocycles. The summed E-state index contributed by atoms with van der Waals surface area (Å²) < 4.78 is 5.57. The summed E-state index contributed by atoms with van der Waals surface area (Å²) in [6.45, 7) is 11.6. The number of carbonyl (C=O) groups excluding carboxylic acids is 8. The van der Waals surface area contributed by atoms with Crippen molar-refractivity contribution in [1.82, 2.24) is 37.2 Å². The second kappa shape index (κ2) is 33.4. The number of ether oxygens (including phenoxy) is 1. The first-order chi connectivity index (χ1) is 32.1. The number of amides is 7. The van der Waals surface area contributed by atoms with E-state index < -0.39 is 114 Å². The van der Waals surface area contributed by atoms with E-state index in [1.807, 2.05) is 0 Å². The lowest BCUT2D eigenvalue weighted by atomic mass is 9.96. The first-order valence-electron chi connectivity index (χ1n) is 24.8. The minimum atomic E-state index is -1.68. The van der Waals surface area contributed by atoms with Gasteiger partial charge in [-0.2, -0.15) is 0 Å². The van der Waals surface area contributed by atoms with Crippen LogP contribution in [0, 0.1) is 17.2 Å². The quantitative estimate of drug-likeness (QED) is 0.0239. The summed E-state index contributed by atoms with van der Waals surface area (Å²) >= 11 is 0. The maximum absolute atomic E-state index is 14.1. The molecule has 390 valence electrons. The minimum absolute atomic E-state index is 0.0205. The molecule has 1 unspecified atom stereocenters. The highest BCUT2D eigenvalue weighted by atomic mass is 16.5. The SMILES string of the molecule is CC[C@@H](C)[C@@H]1NC(=O)[C@@H](CC(C)C)NC(=O)[C@@H](NC(=O)CC(O)CCCCCCCCCCCCCCCCNC(=N)N)[C@@H](C)OC(=O)[C@@H](C)NC(=O)[C@@H](CC(N)=O)NC(=O)[C@@H]([C@@H](C)O)NC1=O. The number of unbranched alkanes of at least 4 members (excludes halogenated alkanes) is 13. The zero-order valence-electron chi connectivity index (χ0n) is 41.7. The van der Waals surface area contributed by atoms with Crippen LogP contribution in [0.2, 0.25) is 0 Å². The molecular formula is C47H86N10O11. The summed E-state index contributed by atoms with van der Waals surface area (Å²) in [5.41, 5.74) is 10.7. The minimum Gasteiger partial charge on any atom is -0.458 e. The molecule has 0 bridgehead atoms. The van der Waals surface area contributed by atoms with Gasteiger partial charge in [-0.05, 0) is 51.9 Å². The molecule has 0 saturated carbocycles. The predicted molar refractivity (Wildman–Crippen MR) is 257 cm³/mol. The number of cyclic esters (lactones) is 1. The van der Waals surface area contributed by atoms with Crippen molar-refractivity contribution in [3.8, 4) is 0 Å². The number of guanidine groups is 1. The third kappa shape index (κ3) is 25.4. The average molecular weight is 967 g/mol. The lowest BCUT2D eigenvalue weighted by molar-refractivity contribution is -0.155. The smallest absolute Gasteiger partial charge is 0.328 e. The van der Waals surface area contributed by atoms with Gasteiger partial charge >= 0.3 is 5.97 Å². The average Bonchev–Trinajstić information content (AvgIpc) is 3.25. The van der Waals surface area contributed by atoms with Crippen molar-refractivity contribution in [3.63, 3.8) is 0 Å². The van der Waals surface area contributed by atoms with Crippen LogP contribution in [-0.2, 0) is 43.1 Å². The number of aliphatic hydroxyl groups is 2. The molecule has 1 aliphatic heterocycles. The summed E-state index contributed by atoms with van der Waals surface area (Å²) in [6, 6.07) is -8.93. The zero-order valence-corrected chi connectivity index (χ0v) is 41.7. The molecule has 1 heterocycles. The van der Waals surface area contributed by atoms with E-state index >= 15 is 0 Å². The predicted octanol–water partition coefficient (Wildman–Crippen LogP) is 1.29. The first-order valence-corrected chi connectivity index (χ1v) is 24.8. The lowest BCUT2D eigenvalue weighted by Crippen LogP contribution is -2.62. The van der Waals surface area contributed by atoms with Gasteiger partial charge in [-0.1, -0.05) is 118 Å². The van der Waals surface area contributed by atoms with Crippen molar-refractivity contribution in [3.05, 3.63) is 0 Å². The molecule has 21 heteroatoms. The Hall–Kier alpha value is -5.05. The van der Waals surface area contributed by atoms with Crippen molar-refractivity contribution < 1.29 is 53.3 Å². The lowest BCUT2D eigenvalue weighted by Gasteiger charge is -2.30. The van der Waals surface area contributed by atoms with E-state index in [1.165, 1.54) is 65.7 Å². The second-order valence-corrected chi connectivity index (χ2v) is 18.9. The van der Waals surface area contributed by atoms with Crippen molar-refractivity contribution in [2.24, 2.45) is 23.3 Å². The number of nitrogens with one attached hydrogen (secondary N) is 8. The monoisotopic (exact) mass is 967 g/mol. The van der Waals surface area contributed by atoms with Crippen LogP contribution in [0.1, 0.15) is 170 Å². The Bertz CT molecular complexity index is 1620. The van der Waals surface area contributed by atoms with E-state index in [2.05, 4.69) is 37.2 Å². The molecule has 0 radical (unpaired) electrons. The van der Waals surface area contributed by atoms with Crippen molar-refractivity contribution in [1.29, 1.82) is 5.41 Å². The normalized spacial score (nSPS) is 23.8. The molecule has 0 spiro atoms. The Balaban J connectivity index is 3.08. The molecule has 1 saturated heterocycles. The fourth-order valence-electron chi connectivity index (χ4n) is 7.76. The van der Waals surface area contributed by atoms with Gasteiger partial charge in [-0.15, -0.1) is 0 Å². The standard InChI is InChI=1S/C47H86N10O11/c1-8-29(4)38-43(64)57-39(31(6)58)44(65)54-35(27-36(48)60)41(62)52-30(5)46(67)68-32(7)40(45(66)53-34(25-28(2)3)42(63)56-38)55-37(61)26-33(59)23-21-19-17-15-13-11-9-10-12-14-16-18-20-22-24-51-47(49)50/h28-35,38-40,58-59H,8-27H2,1-7H3,(H2,48,60)(H,52,62)(H,53,66)(H,54,65)(H,55,61)(H,56,63)(H,57,64)(H4,49,50,51)/t29-,30-,31-,32-,33?,34-,35-,38+,39-,40+/m1/s1. The Morgan fingerprint density at radius 2 is 1.16 bits per heavy atom. The fraction of sp³-hybridized carbons (Fsp3) is 0.809. The van der Waals surface area contributed by atoms with Crippen LogP contribution >= 0.6 is 0 Å². The molecule has 1 aliphatic rings. The van der Waals surface area contributed by atoms with Crippen LogP contribution in [0.25, 0.3) is 0 Å². The molecule has 21 nitrogen and oxygen atoms in total. The number of hydrogen-bond donors (Lipinski definition) is 12. The Morgan fingerprint density at radius 3 is 1.66 bits per heavy atom. The summed E-state index contributed by atoms with van der Waals surface area (Å²) in [7, 11) is 0. The fourth-order valence-corrected chi connectivity index (χ4v) is 7.76. The molecule has 0 aromatic heterocycles. The molecule has 0 aliphatic carbocycles. The topological polar surface area (TPSA) is 346 Å². The highest BCUT2D eigenvalue weighted by molar-refractivity contribution is 5.98. The number of nitrogens with two attached hydrogens (primary N) is 2. The number of esters is 1. The number of aliphatic hydroxyl groups excluding tert-OH is 2. The third-order valence-electron chi connectivity index (χ3n) is 12.0.